The highest BCUT2D eigenvalue weighted by atomic mass is 16.5. The van der Waals surface area contributed by atoms with Crippen LogP contribution in [-0.2, 0) is 12.8 Å². The molecule has 0 radical (unpaired) electrons. The summed E-state index contributed by atoms with van der Waals surface area (Å²) < 4.78 is 6.03. The Morgan fingerprint density at radius 3 is 1.69 bits per heavy atom. The van der Waals surface area contributed by atoms with Crippen LogP contribution >= 0.6 is 0 Å². The van der Waals surface area contributed by atoms with E-state index in [9.17, 15) is 0 Å². The van der Waals surface area contributed by atoms with Crippen LogP contribution in [0.4, 0.5) is 22.7 Å². The summed E-state index contributed by atoms with van der Waals surface area (Å²) in [5.74, 6) is 1.78. The van der Waals surface area contributed by atoms with Gasteiger partial charge in [0.1, 0.15) is 0 Å². The van der Waals surface area contributed by atoms with Crippen molar-refractivity contribution in [3.63, 3.8) is 0 Å². The van der Waals surface area contributed by atoms with Gasteiger partial charge in [-0.1, -0.05) is 165 Å². The van der Waals surface area contributed by atoms with E-state index in [1.165, 1.54) is 39.1 Å². The Kier molecular flexibility index (Phi) is 14.3. The van der Waals surface area contributed by atoms with E-state index in [1.54, 1.807) is 0 Å². The molecule has 1 unspecified atom stereocenters. The van der Waals surface area contributed by atoms with E-state index in [0.29, 0.717) is 0 Å². The minimum atomic E-state index is 0.219. The zero-order valence-corrected chi connectivity index (χ0v) is 32.7. The third kappa shape index (κ3) is 11.0. The second-order valence-electron chi connectivity index (χ2n) is 13.6. The number of fused-ring (bicyclic) bond motifs is 2. The molecule has 3 nitrogen and oxygen atoms in total. The van der Waals surface area contributed by atoms with Crippen molar-refractivity contribution in [3.05, 3.63) is 215 Å². The molecule has 1 heterocycles. The first-order chi connectivity index (χ1) is 26.2. The van der Waals surface area contributed by atoms with Crippen LogP contribution in [0.1, 0.15) is 47.2 Å². The zero-order valence-electron chi connectivity index (χ0n) is 32.7. The average Bonchev–Trinajstić information content (AvgIpc) is 3.20. The van der Waals surface area contributed by atoms with Crippen molar-refractivity contribution in [2.75, 3.05) is 10.2 Å². The van der Waals surface area contributed by atoms with E-state index in [-0.39, 0.29) is 6.04 Å². The lowest BCUT2D eigenvalue weighted by atomic mass is 10.0. The normalized spacial score (nSPS) is 13.3. The molecule has 0 fully saturated rings. The maximum atomic E-state index is 6.03. The predicted molar refractivity (Wildman–Crippen MR) is 233 cm³/mol. The molecule has 2 aliphatic rings. The molecule has 0 spiro atoms. The van der Waals surface area contributed by atoms with Crippen LogP contribution in [0, 0.1) is 27.7 Å². The summed E-state index contributed by atoms with van der Waals surface area (Å²) in [6, 6.07) is 50.7. The molecule has 0 bridgehead atoms. The fourth-order valence-corrected chi connectivity index (χ4v) is 6.06. The number of aryl methyl sites for hydroxylation is 6. The highest BCUT2D eigenvalue weighted by molar-refractivity contribution is 5.86. The number of allylic oxidation sites excluding steroid dienone is 2. The SMILES string of the molecule is C=C1C=CC=CC1Nc1ccccc1C.CCc1ccc(N2c3ccccc3Oc3ccccc32)cc1.CCc1cccc(C)c1.Cc1ccc(C)cc1. The van der Waals surface area contributed by atoms with Crippen LogP contribution in [0.3, 0.4) is 0 Å². The number of anilines is 4. The topological polar surface area (TPSA) is 24.5 Å². The van der Waals surface area contributed by atoms with Gasteiger partial charge in [0.25, 0.3) is 0 Å². The van der Waals surface area contributed by atoms with Gasteiger partial charge in [0.05, 0.1) is 17.4 Å². The summed E-state index contributed by atoms with van der Waals surface area (Å²) >= 11 is 0. The van der Waals surface area contributed by atoms with Gasteiger partial charge in [-0.15, -0.1) is 0 Å². The van der Waals surface area contributed by atoms with Crippen molar-refractivity contribution >= 4 is 22.7 Å². The van der Waals surface area contributed by atoms with Gasteiger partial charge in [-0.3, -0.25) is 0 Å². The maximum Gasteiger partial charge on any atom is 0.151 e. The predicted octanol–water partition coefficient (Wildman–Crippen LogP) is 14.1. The summed E-state index contributed by atoms with van der Waals surface area (Å²) in [7, 11) is 0. The number of rotatable bonds is 5. The summed E-state index contributed by atoms with van der Waals surface area (Å²) in [4.78, 5) is 2.26. The molecule has 1 aliphatic carbocycles. The zero-order chi connectivity index (χ0) is 38.3. The lowest BCUT2D eigenvalue weighted by Crippen LogP contribution is -2.19. The summed E-state index contributed by atoms with van der Waals surface area (Å²) in [6.07, 6.45) is 10.4. The van der Waals surface area contributed by atoms with E-state index in [4.69, 9.17) is 4.74 Å². The second-order valence-corrected chi connectivity index (χ2v) is 13.6. The maximum absolute atomic E-state index is 6.03. The van der Waals surface area contributed by atoms with Crippen LogP contribution < -0.4 is 15.0 Å². The molecule has 1 atom stereocenters. The molecule has 0 saturated heterocycles. The number of hydrogen-bond donors (Lipinski definition) is 1. The molecule has 1 aliphatic heterocycles. The molecule has 0 saturated carbocycles. The van der Waals surface area contributed by atoms with Crippen LogP contribution in [0.5, 0.6) is 11.5 Å². The highest BCUT2D eigenvalue weighted by Gasteiger charge is 2.24. The van der Waals surface area contributed by atoms with Gasteiger partial charge in [-0.2, -0.15) is 0 Å². The molecule has 6 aromatic rings. The molecule has 6 aromatic carbocycles. The highest BCUT2D eigenvalue weighted by Crippen LogP contribution is 2.49. The van der Waals surface area contributed by atoms with Crippen molar-refractivity contribution in [3.8, 4) is 11.5 Å². The molecule has 1 N–H and O–H groups in total. The minimum Gasteiger partial charge on any atom is -0.453 e. The molecular formula is C51H54N2O. The second kappa shape index (κ2) is 19.7. The van der Waals surface area contributed by atoms with Crippen LogP contribution in [0.15, 0.2) is 182 Å². The Labute approximate surface area is 324 Å². The minimum absolute atomic E-state index is 0.219. The Morgan fingerprint density at radius 1 is 0.574 bits per heavy atom. The van der Waals surface area contributed by atoms with Crippen LogP contribution in [0.2, 0.25) is 0 Å². The van der Waals surface area contributed by atoms with E-state index in [2.05, 4.69) is 161 Å². The Bertz CT molecular complexity index is 2090. The smallest absolute Gasteiger partial charge is 0.151 e. The molecule has 0 amide bonds. The number of para-hydroxylation sites is 5. The van der Waals surface area contributed by atoms with Crippen LogP contribution in [0.25, 0.3) is 0 Å². The van der Waals surface area contributed by atoms with Crippen molar-refractivity contribution < 1.29 is 4.74 Å². The van der Waals surface area contributed by atoms with E-state index in [0.717, 1.165) is 47.0 Å². The van der Waals surface area contributed by atoms with Crippen molar-refractivity contribution in [1.29, 1.82) is 0 Å². The number of nitrogens with one attached hydrogen (secondary N) is 1. The lowest BCUT2D eigenvalue weighted by molar-refractivity contribution is 0.477. The molecule has 3 heteroatoms. The van der Waals surface area contributed by atoms with E-state index < -0.39 is 0 Å². The Morgan fingerprint density at radius 2 is 1.15 bits per heavy atom. The fraction of sp³-hybridized carbons (Fsp3) is 0.176. The first-order valence-corrected chi connectivity index (χ1v) is 18.9. The van der Waals surface area contributed by atoms with E-state index >= 15 is 0 Å². The quantitative estimate of drug-likeness (QED) is 0.192. The molecule has 54 heavy (non-hydrogen) atoms. The largest absolute Gasteiger partial charge is 0.453 e. The molecular weight excluding hydrogens is 657 g/mol. The third-order valence-corrected chi connectivity index (χ3v) is 9.32. The van der Waals surface area contributed by atoms with Gasteiger partial charge in [0.15, 0.2) is 11.5 Å². The van der Waals surface area contributed by atoms with Crippen LogP contribution in [-0.4, -0.2) is 6.04 Å². The first-order valence-electron chi connectivity index (χ1n) is 18.9. The Hall–Kier alpha value is -6.06. The lowest BCUT2D eigenvalue weighted by Gasteiger charge is -2.32. The molecule has 274 valence electrons. The van der Waals surface area contributed by atoms with Crippen molar-refractivity contribution in [1.82, 2.24) is 0 Å². The summed E-state index contributed by atoms with van der Waals surface area (Å²) in [6.45, 7) is 16.8. The average molecular weight is 711 g/mol. The molecule has 8 rings (SSSR count). The van der Waals surface area contributed by atoms with Gasteiger partial charge in [-0.05, 0) is 105 Å². The Balaban J connectivity index is 0.000000151. The van der Waals surface area contributed by atoms with Gasteiger partial charge in [-0.25, -0.2) is 0 Å². The molecule has 0 aromatic heterocycles. The number of benzene rings is 6. The van der Waals surface area contributed by atoms with Gasteiger partial charge in [0, 0.05) is 11.4 Å². The fourth-order valence-electron chi connectivity index (χ4n) is 6.06. The monoisotopic (exact) mass is 710 g/mol. The van der Waals surface area contributed by atoms with E-state index in [1.807, 2.05) is 66.8 Å². The van der Waals surface area contributed by atoms with Gasteiger partial charge in [0.2, 0.25) is 0 Å². The first kappa shape index (κ1) is 39.2. The number of ether oxygens (including phenoxy) is 1. The number of nitrogens with zero attached hydrogens (tertiary/aromatic N) is 1. The summed E-state index contributed by atoms with van der Waals surface area (Å²) in [5, 5.41) is 3.46. The number of hydrogen-bond acceptors (Lipinski definition) is 3. The van der Waals surface area contributed by atoms with Gasteiger partial charge < -0.3 is 15.0 Å². The van der Waals surface area contributed by atoms with Gasteiger partial charge >= 0.3 is 0 Å². The summed E-state index contributed by atoms with van der Waals surface area (Å²) in [5.41, 5.74) is 13.6. The third-order valence-electron chi connectivity index (χ3n) is 9.32. The van der Waals surface area contributed by atoms with Crippen molar-refractivity contribution in [2.24, 2.45) is 0 Å². The van der Waals surface area contributed by atoms with Crippen molar-refractivity contribution in [2.45, 2.75) is 60.4 Å². The standard InChI is InChI=1S/C20H17NO.C14H15N.C9H12.C8H10/c1-2-15-11-13-16(14-12-15)21-17-7-3-5-9-19(17)22-20-10-6-4-8-18(20)21;1-11-7-3-5-9-13(11)15-14-10-6-4-8-12(14)2;1-3-9-6-4-5-8(2)7-9;1-7-3-5-8(2)6-4-7/h3-14H,2H2,1H3;3-10,13,15H,1H2,2H3;4-7H,3H2,1-2H3;3-6H,1-2H3.